The summed E-state index contributed by atoms with van der Waals surface area (Å²) in [5.74, 6) is 1.05. The van der Waals surface area contributed by atoms with Crippen molar-refractivity contribution < 1.29 is 4.79 Å². The number of likely N-dealkylation sites (N-methyl/N-ethyl adjacent to an activating group) is 1. The number of aromatic nitrogens is 2. The second-order valence-corrected chi connectivity index (χ2v) is 6.78. The number of carbonyl (C=O) groups excluding carboxylic acids is 1. The van der Waals surface area contributed by atoms with Crippen molar-refractivity contribution in [2.24, 2.45) is 5.41 Å². The molecule has 6 heteroatoms. The zero-order chi connectivity index (χ0) is 15.6. The van der Waals surface area contributed by atoms with Gasteiger partial charge in [-0.1, -0.05) is 0 Å². The quantitative estimate of drug-likeness (QED) is 0.829. The smallest absolute Gasteiger partial charge is 0.236 e. The summed E-state index contributed by atoms with van der Waals surface area (Å²) in [7, 11) is 3.64. The summed E-state index contributed by atoms with van der Waals surface area (Å²) in [6, 6.07) is 1.86. The highest BCUT2D eigenvalue weighted by molar-refractivity contribution is 5.77. The molecule has 2 saturated heterocycles. The summed E-state index contributed by atoms with van der Waals surface area (Å²) in [5.41, 5.74) is 0.386. The van der Waals surface area contributed by atoms with Gasteiger partial charge in [0.15, 0.2) is 0 Å². The van der Waals surface area contributed by atoms with E-state index in [-0.39, 0.29) is 5.91 Å². The third-order valence-corrected chi connectivity index (χ3v) is 5.05. The Bertz CT molecular complexity index is 511. The van der Waals surface area contributed by atoms with E-state index < -0.39 is 0 Å². The van der Waals surface area contributed by atoms with Crippen LogP contribution in [0.3, 0.4) is 0 Å². The van der Waals surface area contributed by atoms with Gasteiger partial charge in [0.1, 0.15) is 0 Å². The molecule has 120 valence electrons. The van der Waals surface area contributed by atoms with Crippen LogP contribution in [0.4, 0.5) is 5.95 Å². The Morgan fingerprint density at radius 3 is 2.45 bits per heavy atom. The number of nitrogens with zero attached hydrogens (tertiary/aromatic N) is 5. The molecule has 3 rings (SSSR count). The minimum Gasteiger partial charge on any atom is -0.348 e. The average molecular weight is 303 g/mol. The van der Waals surface area contributed by atoms with E-state index in [1.165, 1.54) is 6.42 Å². The number of likely N-dealkylation sites (tertiary alicyclic amines) is 1. The molecule has 1 amide bonds. The van der Waals surface area contributed by atoms with E-state index in [1.54, 1.807) is 4.90 Å². The Kier molecular flexibility index (Phi) is 4.29. The Morgan fingerprint density at radius 2 is 1.82 bits per heavy atom. The lowest BCUT2D eigenvalue weighted by atomic mass is 9.78. The minimum atomic E-state index is 0.196. The maximum atomic E-state index is 11.8. The SMILES string of the molecule is CN(C)C(=O)CN1CCC2(CC1)CCN(c1ncccn1)C2. The predicted octanol–water partition coefficient (Wildman–Crippen LogP) is 0.857. The molecule has 6 nitrogen and oxygen atoms in total. The molecular weight excluding hydrogens is 278 g/mol. The first-order chi connectivity index (χ1) is 10.6. The maximum absolute atomic E-state index is 11.8. The van der Waals surface area contributed by atoms with E-state index in [0.29, 0.717) is 12.0 Å². The first-order valence-corrected chi connectivity index (χ1v) is 8.02. The minimum absolute atomic E-state index is 0.196. The molecule has 1 aromatic heterocycles. The van der Waals surface area contributed by atoms with Crippen molar-refractivity contribution in [3.63, 3.8) is 0 Å². The molecule has 0 unspecified atom stereocenters. The van der Waals surface area contributed by atoms with Gasteiger partial charge in [-0.25, -0.2) is 9.97 Å². The lowest BCUT2D eigenvalue weighted by Gasteiger charge is -2.39. The monoisotopic (exact) mass is 303 g/mol. The van der Waals surface area contributed by atoms with Crippen LogP contribution in [0.1, 0.15) is 19.3 Å². The number of hydrogen-bond donors (Lipinski definition) is 0. The molecule has 0 radical (unpaired) electrons. The van der Waals surface area contributed by atoms with Crippen LogP contribution in [0.2, 0.25) is 0 Å². The number of amides is 1. The lowest BCUT2D eigenvalue weighted by molar-refractivity contribution is -0.130. The Balaban J connectivity index is 1.54. The lowest BCUT2D eigenvalue weighted by Crippen LogP contribution is -2.45. The van der Waals surface area contributed by atoms with E-state index in [4.69, 9.17) is 0 Å². The van der Waals surface area contributed by atoms with E-state index >= 15 is 0 Å². The zero-order valence-corrected chi connectivity index (χ0v) is 13.5. The molecule has 2 aliphatic rings. The van der Waals surface area contributed by atoms with Gasteiger partial charge in [-0.05, 0) is 43.8 Å². The van der Waals surface area contributed by atoms with Crippen LogP contribution in [0.5, 0.6) is 0 Å². The zero-order valence-electron chi connectivity index (χ0n) is 13.5. The van der Waals surface area contributed by atoms with Crippen molar-refractivity contribution >= 4 is 11.9 Å². The molecule has 1 aromatic rings. The number of piperidine rings is 1. The molecule has 0 aliphatic carbocycles. The molecule has 0 atom stereocenters. The maximum Gasteiger partial charge on any atom is 0.236 e. The van der Waals surface area contributed by atoms with Crippen LogP contribution in [0.15, 0.2) is 18.5 Å². The standard InChI is InChI=1S/C16H25N5O/c1-19(2)14(22)12-20-9-4-16(5-10-20)6-11-21(13-16)15-17-7-3-8-18-15/h3,7-8H,4-6,9-13H2,1-2H3. The van der Waals surface area contributed by atoms with Crippen molar-refractivity contribution in [2.45, 2.75) is 19.3 Å². The fraction of sp³-hybridized carbons (Fsp3) is 0.688. The third-order valence-electron chi connectivity index (χ3n) is 5.05. The highest BCUT2D eigenvalue weighted by Gasteiger charge is 2.41. The number of anilines is 1. The van der Waals surface area contributed by atoms with E-state index in [9.17, 15) is 4.79 Å². The highest BCUT2D eigenvalue weighted by atomic mass is 16.2. The van der Waals surface area contributed by atoms with Gasteiger partial charge in [-0.15, -0.1) is 0 Å². The second-order valence-electron chi connectivity index (χ2n) is 6.78. The van der Waals surface area contributed by atoms with Crippen LogP contribution in [-0.2, 0) is 4.79 Å². The van der Waals surface area contributed by atoms with Crippen molar-refractivity contribution in [1.82, 2.24) is 19.8 Å². The van der Waals surface area contributed by atoms with Crippen LogP contribution >= 0.6 is 0 Å². The summed E-state index contributed by atoms with van der Waals surface area (Å²) in [6.07, 6.45) is 7.15. The topological polar surface area (TPSA) is 52.6 Å². The fourth-order valence-corrected chi connectivity index (χ4v) is 3.49. The first-order valence-electron chi connectivity index (χ1n) is 8.02. The Labute approximate surface area is 132 Å². The summed E-state index contributed by atoms with van der Waals surface area (Å²) in [4.78, 5) is 26.8. The molecule has 0 N–H and O–H groups in total. The van der Waals surface area contributed by atoms with E-state index in [1.807, 2.05) is 32.6 Å². The highest BCUT2D eigenvalue weighted by Crippen LogP contribution is 2.41. The van der Waals surface area contributed by atoms with Gasteiger partial charge >= 0.3 is 0 Å². The summed E-state index contributed by atoms with van der Waals surface area (Å²) >= 11 is 0. The average Bonchev–Trinajstić information content (AvgIpc) is 2.95. The summed E-state index contributed by atoms with van der Waals surface area (Å²) < 4.78 is 0. The van der Waals surface area contributed by atoms with Crippen molar-refractivity contribution in [3.8, 4) is 0 Å². The normalized spacial score (nSPS) is 21.3. The molecule has 2 aliphatic heterocycles. The van der Waals surface area contributed by atoms with Gasteiger partial charge < -0.3 is 9.80 Å². The van der Waals surface area contributed by atoms with Crippen molar-refractivity contribution in [2.75, 3.05) is 51.7 Å². The summed E-state index contributed by atoms with van der Waals surface area (Å²) in [5, 5.41) is 0. The Morgan fingerprint density at radius 1 is 1.18 bits per heavy atom. The molecular formula is C16H25N5O. The molecule has 0 bridgehead atoms. The van der Waals surface area contributed by atoms with Crippen LogP contribution in [0.25, 0.3) is 0 Å². The number of hydrogen-bond acceptors (Lipinski definition) is 5. The van der Waals surface area contributed by atoms with Crippen LogP contribution in [-0.4, -0.2) is 72.5 Å². The second kappa shape index (κ2) is 6.20. The van der Waals surface area contributed by atoms with E-state index in [2.05, 4.69) is 19.8 Å². The molecule has 1 spiro atoms. The number of carbonyl (C=O) groups is 1. The number of rotatable bonds is 3. The molecule has 22 heavy (non-hydrogen) atoms. The van der Waals surface area contributed by atoms with E-state index in [0.717, 1.165) is 45.0 Å². The van der Waals surface area contributed by atoms with Crippen molar-refractivity contribution in [3.05, 3.63) is 18.5 Å². The van der Waals surface area contributed by atoms with Crippen LogP contribution in [0, 0.1) is 5.41 Å². The molecule has 0 aromatic carbocycles. The fourth-order valence-electron chi connectivity index (χ4n) is 3.49. The summed E-state index contributed by atoms with van der Waals surface area (Å²) in [6.45, 7) is 4.67. The Hall–Kier alpha value is -1.69. The van der Waals surface area contributed by atoms with Gasteiger partial charge in [0, 0.05) is 39.6 Å². The van der Waals surface area contributed by atoms with Crippen LogP contribution < -0.4 is 4.90 Å². The van der Waals surface area contributed by atoms with Gasteiger partial charge in [-0.2, -0.15) is 0 Å². The molecule has 0 saturated carbocycles. The van der Waals surface area contributed by atoms with Crippen molar-refractivity contribution in [1.29, 1.82) is 0 Å². The predicted molar refractivity (Wildman–Crippen MR) is 85.7 cm³/mol. The largest absolute Gasteiger partial charge is 0.348 e. The third kappa shape index (κ3) is 3.21. The first kappa shape index (κ1) is 15.2. The molecule has 3 heterocycles. The van der Waals surface area contributed by atoms with Gasteiger partial charge in [0.2, 0.25) is 11.9 Å². The van der Waals surface area contributed by atoms with Gasteiger partial charge in [0.05, 0.1) is 6.54 Å². The van der Waals surface area contributed by atoms with Gasteiger partial charge in [0.25, 0.3) is 0 Å². The van der Waals surface area contributed by atoms with Gasteiger partial charge in [-0.3, -0.25) is 9.69 Å². The molecule has 2 fully saturated rings.